The molecule has 0 unspecified atom stereocenters. The number of halogens is 2. The summed E-state index contributed by atoms with van der Waals surface area (Å²) >= 11 is 3.16. The molecule has 1 aromatic rings. The number of sulfonamides is 1. The third-order valence-corrected chi connectivity index (χ3v) is 4.77. The van der Waals surface area contributed by atoms with Gasteiger partial charge in [0.05, 0.1) is 10.4 Å². The highest BCUT2D eigenvalue weighted by atomic mass is 79.9. The molecule has 0 radical (unpaired) electrons. The Bertz CT molecular complexity index is 494. The minimum Gasteiger partial charge on any atom is -0.282 e. The van der Waals surface area contributed by atoms with Gasteiger partial charge in [-0.2, -0.15) is 0 Å². The summed E-state index contributed by atoms with van der Waals surface area (Å²) in [5, 5.41) is 0. The van der Waals surface area contributed by atoms with Gasteiger partial charge in [-0.1, -0.05) is 0 Å². The summed E-state index contributed by atoms with van der Waals surface area (Å²) in [6.45, 7) is 4.72. The lowest BCUT2D eigenvalue weighted by molar-refractivity contribution is 0.566. The van der Waals surface area contributed by atoms with Gasteiger partial charge >= 0.3 is 0 Å². The number of hydrogen-bond donors (Lipinski definition) is 1. The van der Waals surface area contributed by atoms with Gasteiger partial charge in [0, 0.05) is 4.47 Å². The van der Waals surface area contributed by atoms with Gasteiger partial charge in [0.2, 0.25) is 10.0 Å². The fourth-order valence-electron chi connectivity index (χ4n) is 0.874. The summed E-state index contributed by atoms with van der Waals surface area (Å²) in [7, 11) is -3.54. The maximum absolute atomic E-state index is 13.0. The van der Waals surface area contributed by atoms with Gasteiger partial charge in [0.15, 0.2) is 0 Å². The molecule has 0 saturated heterocycles. The maximum atomic E-state index is 13.0. The van der Waals surface area contributed by atoms with Crippen LogP contribution in [0.2, 0.25) is 0 Å². The van der Waals surface area contributed by atoms with E-state index in [1.807, 2.05) is 0 Å². The lowest BCUT2D eigenvalue weighted by atomic mass is 10.3. The molecular weight excluding hydrogens is 297 g/mol. The summed E-state index contributed by atoms with van der Waals surface area (Å²) in [5.74, 6) is -0.491. The molecule has 1 rings (SSSR count). The van der Waals surface area contributed by atoms with E-state index in [-0.39, 0.29) is 5.69 Å². The average Bonchev–Trinajstić information content (AvgIpc) is 2.09. The first-order valence-electron chi connectivity index (χ1n) is 4.61. The van der Waals surface area contributed by atoms with Gasteiger partial charge in [-0.05, 0) is 54.9 Å². The van der Waals surface area contributed by atoms with E-state index in [9.17, 15) is 12.8 Å². The van der Waals surface area contributed by atoms with Crippen molar-refractivity contribution in [1.82, 2.24) is 0 Å². The largest absolute Gasteiger partial charge is 0.282 e. The Morgan fingerprint density at radius 2 is 1.88 bits per heavy atom. The Labute approximate surface area is 103 Å². The summed E-state index contributed by atoms with van der Waals surface area (Å²) in [6.07, 6.45) is 0. The topological polar surface area (TPSA) is 46.2 Å². The van der Waals surface area contributed by atoms with Gasteiger partial charge in [-0.3, -0.25) is 4.72 Å². The first kappa shape index (κ1) is 13.4. The van der Waals surface area contributed by atoms with Crippen LogP contribution in [-0.4, -0.2) is 13.2 Å². The molecule has 3 nitrogen and oxygen atoms in total. The third kappa shape index (κ3) is 2.95. The molecule has 0 atom stereocenters. The Hall–Kier alpha value is -0.620. The van der Waals surface area contributed by atoms with Crippen LogP contribution in [0.3, 0.4) is 0 Å². The van der Waals surface area contributed by atoms with E-state index in [0.29, 0.717) is 4.47 Å². The Kier molecular flexibility index (Phi) is 3.64. The van der Waals surface area contributed by atoms with Crippen molar-refractivity contribution in [2.75, 3.05) is 4.72 Å². The monoisotopic (exact) mass is 309 g/mol. The van der Waals surface area contributed by atoms with E-state index >= 15 is 0 Å². The molecule has 6 heteroatoms. The van der Waals surface area contributed by atoms with Gasteiger partial charge in [0.25, 0.3) is 0 Å². The minimum absolute atomic E-state index is 0.204. The lowest BCUT2D eigenvalue weighted by Crippen LogP contribution is -2.33. The fourth-order valence-corrected chi connectivity index (χ4v) is 2.12. The molecule has 0 spiro atoms. The maximum Gasteiger partial charge on any atom is 0.237 e. The van der Waals surface area contributed by atoms with Crippen LogP contribution in [0, 0.1) is 5.82 Å². The van der Waals surface area contributed by atoms with Crippen molar-refractivity contribution in [3.63, 3.8) is 0 Å². The average molecular weight is 310 g/mol. The zero-order valence-corrected chi connectivity index (χ0v) is 11.6. The summed E-state index contributed by atoms with van der Waals surface area (Å²) in [6, 6.07) is 3.84. The van der Waals surface area contributed by atoms with E-state index in [1.54, 1.807) is 20.8 Å². The highest BCUT2D eigenvalue weighted by Crippen LogP contribution is 2.27. The van der Waals surface area contributed by atoms with E-state index in [2.05, 4.69) is 20.7 Å². The third-order valence-electron chi connectivity index (χ3n) is 1.98. The molecule has 1 aromatic carbocycles. The number of nitrogens with one attached hydrogen (secondary N) is 1. The zero-order chi connectivity index (χ0) is 12.6. The second kappa shape index (κ2) is 4.33. The van der Waals surface area contributed by atoms with Crippen molar-refractivity contribution in [3.05, 3.63) is 28.5 Å². The van der Waals surface area contributed by atoms with E-state index in [0.717, 1.165) is 6.07 Å². The van der Waals surface area contributed by atoms with Gasteiger partial charge in [-0.15, -0.1) is 0 Å². The molecule has 16 heavy (non-hydrogen) atoms. The molecule has 0 fully saturated rings. The predicted octanol–water partition coefficient (Wildman–Crippen LogP) is 3.13. The Morgan fingerprint density at radius 3 is 2.38 bits per heavy atom. The van der Waals surface area contributed by atoms with E-state index in [1.165, 1.54) is 12.1 Å². The van der Waals surface area contributed by atoms with Crippen LogP contribution in [0.15, 0.2) is 22.7 Å². The van der Waals surface area contributed by atoms with Crippen LogP contribution >= 0.6 is 15.9 Å². The van der Waals surface area contributed by atoms with Crippen LogP contribution < -0.4 is 4.72 Å². The molecule has 0 aliphatic heterocycles. The normalized spacial score (nSPS) is 12.6. The van der Waals surface area contributed by atoms with Crippen molar-refractivity contribution < 1.29 is 12.8 Å². The van der Waals surface area contributed by atoms with E-state index < -0.39 is 20.6 Å². The molecule has 0 bridgehead atoms. The SMILES string of the molecule is CC(C)(C)S(=O)(=O)Nc1cc(F)ccc1Br. The molecule has 0 saturated carbocycles. The summed E-state index contributed by atoms with van der Waals surface area (Å²) in [4.78, 5) is 0. The van der Waals surface area contributed by atoms with Crippen LogP contribution in [0.1, 0.15) is 20.8 Å². The van der Waals surface area contributed by atoms with Crippen LogP contribution in [0.5, 0.6) is 0 Å². The quantitative estimate of drug-likeness (QED) is 0.912. The van der Waals surface area contributed by atoms with E-state index in [4.69, 9.17) is 0 Å². The lowest BCUT2D eigenvalue weighted by Gasteiger charge is -2.20. The summed E-state index contributed by atoms with van der Waals surface area (Å²) in [5.41, 5.74) is 0.204. The first-order chi connectivity index (χ1) is 7.13. The van der Waals surface area contributed by atoms with Crippen LogP contribution in [-0.2, 0) is 10.0 Å². The highest BCUT2D eigenvalue weighted by molar-refractivity contribution is 9.10. The van der Waals surface area contributed by atoms with Gasteiger partial charge in [0.1, 0.15) is 5.82 Å². The van der Waals surface area contributed by atoms with Gasteiger partial charge in [-0.25, -0.2) is 12.8 Å². The molecule has 1 N–H and O–H groups in total. The van der Waals surface area contributed by atoms with Crippen molar-refractivity contribution in [2.45, 2.75) is 25.5 Å². The minimum atomic E-state index is -3.54. The molecule has 0 aliphatic rings. The van der Waals surface area contributed by atoms with Gasteiger partial charge < -0.3 is 0 Å². The van der Waals surface area contributed by atoms with Crippen molar-refractivity contribution >= 4 is 31.6 Å². The standard InChI is InChI=1S/C10H13BrFNO2S/c1-10(2,3)16(14,15)13-9-6-7(12)4-5-8(9)11/h4-6,13H,1-3H3. The second-order valence-corrected chi connectivity index (χ2v) is 7.63. The van der Waals surface area contributed by atoms with Crippen molar-refractivity contribution in [1.29, 1.82) is 0 Å². The molecular formula is C10H13BrFNO2S. The van der Waals surface area contributed by atoms with Crippen molar-refractivity contribution in [3.8, 4) is 0 Å². The molecule has 90 valence electrons. The number of anilines is 1. The smallest absolute Gasteiger partial charge is 0.237 e. The number of hydrogen-bond acceptors (Lipinski definition) is 2. The number of rotatable bonds is 2. The fraction of sp³-hybridized carbons (Fsp3) is 0.400. The molecule has 0 amide bonds. The van der Waals surface area contributed by atoms with Crippen molar-refractivity contribution in [2.24, 2.45) is 0 Å². The Balaban J connectivity index is 3.11. The van der Waals surface area contributed by atoms with Crippen LogP contribution in [0.25, 0.3) is 0 Å². The molecule has 0 aliphatic carbocycles. The zero-order valence-electron chi connectivity index (χ0n) is 9.21. The second-order valence-electron chi connectivity index (χ2n) is 4.34. The highest BCUT2D eigenvalue weighted by Gasteiger charge is 2.29. The molecule has 0 aromatic heterocycles. The first-order valence-corrected chi connectivity index (χ1v) is 6.88. The number of benzene rings is 1. The predicted molar refractivity (Wildman–Crippen MR) is 66.4 cm³/mol. The van der Waals surface area contributed by atoms with Crippen LogP contribution in [0.4, 0.5) is 10.1 Å². The Morgan fingerprint density at radius 1 is 1.31 bits per heavy atom. The molecule has 0 heterocycles. The summed E-state index contributed by atoms with van der Waals surface area (Å²) < 4.78 is 38.5.